The molecule has 17 heavy (non-hydrogen) atoms. The molecular formula is C11H23ClN2O2S. The van der Waals surface area contributed by atoms with Crippen molar-refractivity contribution < 1.29 is 8.42 Å². The maximum atomic E-state index is 11.8. The first-order valence-electron chi connectivity index (χ1n) is 6.21. The summed E-state index contributed by atoms with van der Waals surface area (Å²) in [6.07, 6.45) is 2.45. The minimum absolute atomic E-state index is 0.00634. The van der Waals surface area contributed by atoms with Gasteiger partial charge < -0.3 is 4.90 Å². The van der Waals surface area contributed by atoms with Gasteiger partial charge in [0.15, 0.2) is 0 Å². The average Bonchev–Trinajstić information content (AvgIpc) is 2.68. The Labute approximate surface area is 110 Å². The van der Waals surface area contributed by atoms with Gasteiger partial charge in [-0.1, -0.05) is 6.92 Å². The second kappa shape index (κ2) is 6.92. The largest absolute Gasteiger partial charge is 0.302 e. The molecule has 0 aromatic heterocycles. The Balaban J connectivity index is 2.35. The summed E-state index contributed by atoms with van der Waals surface area (Å²) in [4.78, 5) is 2.30. The van der Waals surface area contributed by atoms with E-state index in [4.69, 9.17) is 11.6 Å². The zero-order chi connectivity index (χ0) is 12.9. The lowest BCUT2D eigenvalue weighted by atomic mass is 10.3. The molecule has 0 aliphatic carbocycles. The summed E-state index contributed by atoms with van der Waals surface area (Å²) in [5.74, 6) is 0.482. The molecule has 0 aromatic carbocycles. The summed E-state index contributed by atoms with van der Waals surface area (Å²) in [5.41, 5.74) is 0. The molecule has 0 amide bonds. The summed E-state index contributed by atoms with van der Waals surface area (Å²) < 4.78 is 26.3. The highest BCUT2D eigenvalue weighted by Gasteiger charge is 2.20. The Kier molecular flexibility index (Phi) is 6.20. The summed E-state index contributed by atoms with van der Waals surface area (Å²) in [6.45, 7) is 6.74. The number of likely N-dealkylation sites (tertiary alicyclic amines) is 1. The average molecular weight is 283 g/mol. The van der Waals surface area contributed by atoms with Crippen molar-refractivity contribution in [3.63, 3.8) is 0 Å². The van der Waals surface area contributed by atoms with Crippen LogP contribution in [0.3, 0.4) is 0 Å². The van der Waals surface area contributed by atoms with Crippen LogP contribution in [0.2, 0.25) is 0 Å². The van der Waals surface area contributed by atoms with Crippen molar-refractivity contribution >= 4 is 21.6 Å². The lowest BCUT2D eigenvalue weighted by Crippen LogP contribution is -2.42. The van der Waals surface area contributed by atoms with Gasteiger partial charge in [-0.25, -0.2) is 13.1 Å². The fourth-order valence-electron chi connectivity index (χ4n) is 2.16. The molecule has 1 fully saturated rings. The monoisotopic (exact) mass is 282 g/mol. The van der Waals surface area contributed by atoms with Crippen LogP contribution >= 0.6 is 11.6 Å². The molecule has 2 unspecified atom stereocenters. The van der Waals surface area contributed by atoms with E-state index in [1.165, 1.54) is 12.8 Å². The SMILES string of the molecule is CC(CCl)CS(=O)(=O)NC(C)CN1CCCC1. The molecule has 102 valence electrons. The van der Waals surface area contributed by atoms with E-state index in [9.17, 15) is 8.42 Å². The van der Waals surface area contributed by atoms with Crippen LogP contribution in [0.5, 0.6) is 0 Å². The standard InChI is InChI=1S/C11H23ClN2O2S/c1-10(7-12)9-17(15,16)13-11(2)8-14-5-3-4-6-14/h10-11,13H,3-9H2,1-2H3. The Bertz CT molecular complexity index is 315. The van der Waals surface area contributed by atoms with Crippen molar-refractivity contribution in [1.29, 1.82) is 0 Å². The number of nitrogens with zero attached hydrogens (tertiary/aromatic N) is 1. The first kappa shape index (κ1) is 15.2. The molecule has 4 nitrogen and oxygen atoms in total. The molecular weight excluding hydrogens is 260 g/mol. The molecule has 0 spiro atoms. The quantitative estimate of drug-likeness (QED) is 0.716. The van der Waals surface area contributed by atoms with Crippen molar-refractivity contribution in [2.24, 2.45) is 5.92 Å². The van der Waals surface area contributed by atoms with Crippen molar-refractivity contribution in [1.82, 2.24) is 9.62 Å². The third-order valence-electron chi connectivity index (χ3n) is 2.88. The highest BCUT2D eigenvalue weighted by molar-refractivity contribution is 7.89. The molecule has 1 saturated heterocycles. The van der Waals surface area contributed by atoms with E-state index in [-0.39, 0.29) is 17.7 Å². The third-order valence-corrected chi connectivity index (χ3v) is 5.18. The topological polar surface area (TPSA) is 49.4 Å². The fourth-order valence-corrected chi connectivity index (χ4v) is 4.05. The van der Waals surface area contributed by atoms with Crippen LogP contribution in [0.4, 0.5) is 0 Å². The number of nitrogens with one attached hydrogen (secondary N) is 1. The van der Waals surface area contributed by atoms with Gasteiger partial charge in [0.05, 0.1) is 5.75 Å². The van der Waals surface area contributed by atoms with Gasteiger partial charge in [-0.2, -0.15) is 0 Å². The van der Waals surface area contributed by atoms with E-state index >= 15 is 0 Å². The molecule has 1 N–H and O–H groups in total. The number of hydrogen-bond acceptors (Lipinski definition) is 3. The summed E-state index contributed by atoms with van der Waals surface area (Å²) in [6, 6.07) is -0.0272. The van der Waals surface area contributed by atoms with Gasteiger partial charge in [-0.3, -0.25) is 0 Å². The van der Waals surface area contributed by atoms with Crippen LogP contribution < -0.4 is 4.72 Å². The zero-order valence-corrected chi connectivity index (χ0v) is 12.2. The molecule has 0 bridgehead atoms. The van der Waals surface area contributed by atoms with Crippen LogP contribution in [0, 0.1) is 5.92 Å². The number of alkyl halides is 1. The van der Waals surface area contributed by atoms with Crippen LogP contribution in [0.15, 0.2) is 0 Å². The number of sulfonamides is 1. The van der Waals surface area contributed by atoms with Gasteiger partial charge in [-0.15, -0.1) is 11.6 Å². The molecule has 0 radical (unpaired) electrons. The lowest BCUT2D eigenvalue weighted by molar-refractivity contribution is 0.312. The number of hydrogen-bond donors (Lipinski definition) is 1. The van der Waals surface area contributed by atoms with E-state index < -0.39 is 10.0 Å². The predicted octanol–water partition coefficient (Wildman–Crippen LogP) is 1.26. The molecule has 1 rings (SSSR count). The lowest BCUT2D eigenvalue weighted by Gasteiger charge is -2.21. The normalized spacial score (nSPS) is 21.6. The summed E-state index contributed by atoms with van der Waals surface area (Å²) >= 11 is 5.63. The molecule has 2 atom stereocenters. The third kappa shape index (κ3) is 6.04. The minimum Gasteiger partial charge on any atom is -0.302 e. The highest BCUT2D eigenvalue weighted by atomic mass is 35.5. The smallest absolute Gasteiger partial charge is 0.212 e. The van der Waals surface area contributed by atoms with E-state index in [0.717, 1.165) is 19.6 Å². The summed E-state index contributed by atoms with van der Waals surface area (Å²) in [5, 5.41) is 0. The first-order valence-corrected chi connectivity index (χ1v) is 8.40. The molecule has 1 aliphatic heterocycles. The molecule has 0 saturated carbocycles. The second-order valence-corrected chi connectivity index (χ2v) is 7.17. The molecule has 0 aromatic rings. The van der Waals surface area contributed by atoms with Gasteiger partial charge in [0, 0.05) is 18.5 Å². The highest BCUT2D eigenvalue weighted by Crippen LogP contribution is 2.08. The minimum atomic E-state index is -3.19. The van der Waals surface area contributed by atoms with Gasteiger partial charge in [0.25, 0.3) is 0 Å². The van der Waals surface area contributed by atoms with E-state index in [1.807, 2.05) is 13.8 Å². The maximum Gasteiger partial charge on any atom is 0.212 e. The molecule has 1 aliphatic rings. The van der Waals surface area contributed by atoms with E-state index in [1.54, 1.807) is 0 Å². The van der Waals surface area contributed by atoms with Crippen LogP contribution in [0.25, 0.3) is 0 Å². The van der Waals surface area contributed by atoms with Crippen molar-refractivity contribution in [2.75, 3.05) is 31.3 Å². The van der Waals surface area contributed by atoms with Crippen molar-refractivity contribution in [3.8, 4) is 0 Å². The zero-order valence-electron chi connectivity index (χ0n) is 10.7. The molecule has 1 heterocycles. The van der Waals surface area contributed by atoms with Crippen LogP contribution in [-0.4, -0.2) is 50.6 Å². The Morgan fingerprint density at radius 2 is 1.88 bits per heavy atom. The van der Waals surface area contributed by atoms with Gasteiger partial charge in [0.1, 0.15) is 0 Å². The second-order valence-electron chi connectivity index (χ2n) is 5.07. The Morgan fingerprint density at radius 1 is 1.29 bits per heavy atom. The van der Waals surface area contributed by atoms with Crippen LogP contribution in [0.1, 0.15) is 26.7 Å². The molecule has 6 heteroatoms. The van der Waals surface area contributed by atoms with E-state index in [2.05, 4.69) is 9.62 Å². The first-order chi connectivity index (χ1) is 7.93. The Hall–Kier alpha value is 0.160. The number of rotatable bonds is 7. The fraction of sp³-hybridized carbons (Fsp3) is 1.00. The van der Waals surface area contributed by atoms with Gasteiger partial charge >= 0.3 is 0 Å². The van der Waals surface area contributed by atoms with Crippen molar-refractivity contribution in [3.05, 3.63) is 0 Å². The van der Waals surface area contributed by atoms with Crippen molar-refractivity contribution in [2.45, 2.75) is 32.7 Å². The summed E-state index contributed by atoms with van der Waals surface area (Å²) in [7, 11) is -3.19. The predicted molar refractivity (Wildman–Crippen MR) is 71.9 cm³/mol. The number of halogens is 1. The van der Waals surface area contributed by atoms with E-state index in [0.29, 0.717) is 5.88 Å². The van der Waals surface area contributed by atoms with Crippen LogP contribution in [-0.2, 0) is 10.0 Å². The Morgan fingerprint density at radius 3 is 2.41 bits per heavy atom. The van der Waals surface area contributed by atoms with Gasteiger partial charge in [-0.05, 0) is 38.8 Å². The maximum absolute atomic E-state index is 11.8. The van der Waals surface area contributed by atoms with Gasteiger partial charge in [0.2, 0.25) is 10.0 Å².